The Balaban J connectivity index is 1.29. The van der Waals surface area contributed by atoms with E-state index in [0.717, 1.165) is 39.7 Å². The van der Waals surface area contributed by atoms with Crippen LogP contribution >= 0.6 is 0 Å². The summed E-state index contributed by atoms with van der Waals surface area (Å²) in [4.78, 5) is 28.1. The Bertz CT molecular complexity index is 1370. The lowest BCUT2D eigenvalue weighted by Gasteiger charge is -2.16. The zero-order valence-electron chi connectivity index (χ0n) is 19.5. The standard InChI is InChI=1S/C25H26N6O3/c1-4-11-33-24-15(2)12-19-14-31(25(32)21(19)29-24)10-9-27-23-20-13-18(22-28-16(3)34-30-22)6-5-17(20)7-8-26-23/h5-8,12-13H,4,9-11,14H2,1-3H3,(H,26,27). The van der Waals surface area contributed by atoms with Crippen LogP contribution in [0, 0.1) is 13.8 Å². The van der Waals surface area contributed by atoms with E-state index < -0.39 is 0 Å². The van der Waals surface area contributed by atoms with Crippen molar-refractivity contribution in [3.63, 3.8) is 0 Å². The van der Waals surface area contributed by atoms with E-state index in [-0.39, 0.29) is 5.91 Å². The summed E-state index contributed by atoms with van der Waals surface area (Å²) >= 11 is 0. The van der Waals surface area contributed by atoms with E-state index in [0.29, 0.717) is 49.5 Å². The monoisotopic (exact) mass is 458 g/mol. The Morgan fingerprint density at radius 1 is 1.18 bits per heavy atom. The minimum Gasteiger partial charge on any atom is -0.477 e. The predicted molar refractivity (Wildman–Crippen MR) is 128 cm³/mol. The Kier molecular flexibility index (Phi) is 5.83. The summed E-state index contributed by atoms with van der Waals surface area (Å²) in [6, 6.07) is 9.93. The van der Waals surface area contributed by atoms with Gasteiger partial charge in [0, 0.05) is 54.8 Å². The minimum absolute atomic E-state index is 0.0706. The molecule has 0 unspecified atom stereocenters. The number of fused-ring (bicyclic) bond motifs is 2. The highest BCUT2D eigenvalue weighted by atomic mass is 16.5. The van der Waals surface area contributed by atoms with E-state index >= 15 is 0 Å². The van der Waals surface area contributed by atoms with Crippen LogP contribution in [0.25, 0.3) is 22.2 Å². The summed E-state index contributed by atoms with van der Waals surface area (Å²) in [6.07, 6.45) is 2.66. The summed E-state index contributed by atoms with van der Waals surface area (Å²) in [5.41, 5.74) is 3.23. The molecule has 0 bridgehead atoms. The number of aromatic nitrogens is 4. The number of carbonyl (C=O) groups excluding carboxylic acids is 1. The highest BCUT2D eigenvalue weighted by Gasteiger charge is 2.30. The Morgan fingerprint density at radius 2 is 2.06 bits per heavy atom. The van der Waals surface area contributed by atoms with Gasteiger partial charge in [0.1, 0.15) is 11.5 Å². The number of anilines is 1. The van der Waals surface area contributed by atoms with Gasteiger partial charge in [0.2, 0.25) is 17.6 Å². The van der Waals surface area contributed by atoms with Gasteiger partial charge in [0.25, 0.3) is 5.91 Å². The molecule has 4 heterocycles. The van der Waals surface area contributed by atoms with Crippen molar-refractivity contribution in [2.24, 2.45) is 0 Å². The van der Waals surface area contributed by atoms with E-state index in [1.807, 2.05) is 44.2 Å². The van der Waals surface area contributed by atoms with Gasteiger partial charge in [0.15, 0.2) is 0 Å². The first-order valence-corrected chi connectivity index (χ1v) is 11.4. The second-order valence-corrected chi connectivity index (χ2v) is 8.35. The molecule has 0 spiro atoms. The first-order valence-electron chi connectivity index (χ1n) is 11.4. The van der Waals surface area contributed by atoms with Crippen LogP contribution in [0.2, 0.25) is 0 Å². The molecular weight excluding hydrogens is 432 g/mol. The summed E-state index contributed by atoms with van der Waals surface area (Å²) in [7, 11) is 0. The van der Waals surface area contributed by atoms with Crippen LogP contribution < -0.4 is 10.1 Å². The van der Waals surface area contributed by atoms with Gasteiger partial charge in [-0.25, -0.2) is 9.97 Å². The number of hydrogen-bond acceptors (Lipinski definition) is 8. The number of rotatable bonds is 8. The molecule has 1 amide bonds. The van der Waals surface area contributed by atoms with Crippen molar-refractivity contribution in [3.8, 4) is 17.3 Å². The molecule has 1 aromatic carbocycles. The molecule has 3 aromatic heterocycles. The van der Waals surface area contributed by atoms with E-state index in [1.54, 1.807) is 18.0 Å². The Labute approximate surface area is 197 Å². The average molecular weight is 459 g/mol. The normalized spacial score (nSPS) is 12.9. The number of aryl methyl sites for hydroxylation is 2. The lowest BCUT2D eigenvalue weighted by molar-refractivity contribution is 0.0779. The maximum absolute atomic E-state index is 12.9. The van der Waals surface area contributed by atoms with Crippen molar-refractivity contribution in [2.45, 2.75) is 33.7 Å². The topological polar surface area (TPSA) is 106 Å². The Hall–Kier alpha value is -4.01. The van der Waals surface area contributed by atoms with Crippen molar-refractivity contribution in [1.82, 2.24) is 25.0 Å². The van der Waals surface area contributed by atoms with Crippen molar-refractivity contribution < 1.29 is 14.1 Å². The molecule has 0 aliphatic carbocycles. The predicted octanol–water partition coefficient (Wildman–Crippen LogP) is 4.15. The molecule has 9 heteroatoms. The molecule has 0 fully saturated rings. The van der Waals surface area contributed by atoms with Gasteiger partial charge < -0.3 is 19.5 Å². The van der Waals surface area contributed by atoms with Gasteiger partial charge >= 0.3 is 0 Å². The molecule has 174 valence electrons. The van der Waals surface area contributed by atoms with E-state index in [2.05, 4.69) is 25.4 Å². The van der Waals surface area contributed by atoms with E-state index in [1.165, 1.54) is 0 Å². The zero-order valence-corrected chi connectivity index (χ0v) is 19.5. The molecular formula is C25H26N6O3. The third kappa shape index (κ3) is 4.16. The van der Waals surface area contributed by atoms with Crippen LogP contribution in [-0.4, -0.2) is 50.6 Å². The fourth-order valence-electron chi connectivity index (χ4n) is 4.09. The molecule has 0 saturated heterocycles. The highest BCUT2D eigenvalue weighted by Crippen LogP contribution is 2.28. The zero-order chi connectivity index (χ0) is 23.7. The largest absolute Gasteiger partial charge is 0.477 e. The molecule has 34 heavy (non-hydrogen) atoms. The third-order valence-electron chi connectivity index (χ3n) is 5.77. The number of hydrogen-bond donors (Lipinski definition) is 1. The maximum Gasteiger partial charge on any atom is 0.273 e. The molecule has 0 atom stereocenters. The second-order valence-electron chi connectivity index (χ2n) is 8.35. The maximum atomic E-state index is 12.9. The minimum atomic E-state index is -0.0706. The number of pyridine rings is 2. The molecule has 0 saturated carbocycles. The average Bonchev–Trinajstić information content (AvgIpc) is 3.40. The van der Waals surface area contributed by atoms with Gasteiger partial charge in [-0.2, -0.15) is 4.98 Å². The molecule has 1 aliphatic heterocycles. The number of ether oxygens (including phenoxy) is 1. The van der Waals surface area contributed by atoms with Crippen molar-refractivity contribution in [2.75, 3.05) is 25.0 Å². The van der Waals surface area contributed by atoms with Gasteiger partial charge in [0.05, 0.1) is 6.61 Å². The van der Waals surface area contributed by atoms with Gasteiger partial charge in [-0.15, -0.1) is 0 Å². The van der Waals surface area contributed by atoms with Gasteiger partial charge in [-0.1, -0.05) is 24.2 Å². The van der Waals surface area contributed by atoms with Crippen LogP contribution in [0.4, 0.5) is 5.82 Å². The number of nitrogens with zero attached hydrogens (tertiary/aromatic N) is 5. The number of nitrogens with one attached hydrogen (secondary N) is 1. The van der Waals surface area contributed by atoms with Crippen LogP contribution in [0.1, 0.15) is 40.9 Å². The summed E-state index contributed by atoms with van der Waals surface area (Å²) in [5, 5.41) is 9.39. The number of carbonyl (C=O) groups is 1. The number of amides is 1. The van der Waals surface area contributed by atoms with Crippen molar-refractivity contribution in [1.29, 1.82) is 0 Å². The quantitative estimate of drug-likeness (QED) is 0.420. The highest BCUT2D eigenvalue weighted by molar-refractivity contribution is 5.97. The van der Waals surface area contributed by atoms with Crippen LogP contribution in [0.15, 0.2) is 41.1 Å². The van der Waals surface area contributed by atoms with Crippen LogP contribution in [0.5, 0.6) is 5.88 Å². The van der Waals surface area contributed by atoms with Gasteiger partial charge in [-0.05, 0) is 36.9 Å². The summed E-state index contributed by atoms with van der Waals surface area (Å²) < 4.78 is 10.8. The lowest BCUT2D eigenvalue weighted by atomic mass is 10.1. The fourth-order valence-corrected chi connectivity index (χ4v) is 4.09. The lowest BCUT2D eigenvalue weighted by Crippen LogP contribution is -2.29. The molecule has 4 aromatic rings. The van der Waals surface area contributed by atoms with Gasteiger partial charge in [-0.3, -0.25) is 4.79 Å². The third-order valence-corrected chi connectivity index (χ3v) is 5.77. The summed E-state index contributed by atoms with van der Waals surface area (Å²) in [5.74, 6) is 2.28. The molecule has 1 aliphatic rings. The molecule has 0 radical (unpaired) electrons. The van der Waals surface area contributed by atoms with Crippen LogP contribution in [-0.2, 0) is 6.54 Å². The van der Waals surface area contributed by atoms with E-state index in [4.69, 9.17) is 9.26 Å². The smallest absolute Gasteiger partial charge is 0.273 e. The molecule has 9 nitrogen and oxygen atoms in total. The molecule has 1 N–H and O–H groups in total. The van der Waals surface area contributed by atoms with Crippen molar-refractivity contribution >= 4 is 22.5 Å². The first kappa shape index (κ1) is 21.8. The first-order chi connectivity index (χ1) is 16.5. The second kappa shape index (κ2) is 9.09. The van der Waals surface area contributed by atoms with Crippen LogP contribution in [0.3, 0.4) is 0 Å². The number of benzene rings is 1. The fraction of sp³-hybridized carbons (Fsp3) is 0.320. The van der Waals surface area contributed by atoms with Crippen molar-refractivity contribution in [3.05, 3.63) is 59.2 Å². The van der Waals surface area contributed by atoms with E-state index in [9.17, 15) is 4.79 Å². The summed E-state index contributed by atoms with van der Waals surface area (Å²) in [6.45, 7) is 7.98. The molecule has 5 rings (SSSR count). The SMILES string of the molecule is CCCOc1nc2c(cc1C)CN(CCNc1nccc3ccc(-c4noc(C)n4)cc13)C2=O. The Morgan fingerprint density at radius 3 is 2.85 bits per heavy atom.